The van der Waals surface area contributed by atoms with Crippen molar-refractivity contribution in [2.45, 2.75) is 58.0 Å². The van der Waals surface area contributed by atoms with Gasteiger partial charge in [-0.25, -0.2) is 0 Å². The van der Waals surface area contributed by atoms with E-state index in [9.17, 15) is 9.59 Å². The van der Waals surface area contributed by atoms with Crippen molar-refractivity contribution in [3.8, 4) is 0 Å². The summed E-state index contributed by atoms with van der Waals surface area (Å²) in [5.74, 6) is 0.00973. The molecule has 0 spiro atoms. The lowest BCUT2D eigenvalue weighted by Gasteiger charge is -2.23. The first-order valence-corrected chi connectivity index (χ1v) is 7.30. The Morgan fingerprint density at radius 3 is 2.37 bits per heavy atom. The maximum Gasteiger partial charge on any atom is 0.242 e. The Bertz CT molecular complexity index is 301. The molecule has 1 aliphatic carbocycles. The summed E-state index contributed by atoms with van der Waals surface area (Å²) in [5, 5.41) is 8.69. The Hall–Kier alpha value is -1.10. The van der Waals surface area contributed by atoms with Crippen LogP contribution in [0.2, 0.25) is 0 Å². The molecule has 1 unspecified atom stereocenters. The molecular formula is C14H27N3O2. The number of hydrogen-bond donors (Lipinski definition) is 3. The van der Waals surface area contributed by atoms with Crippen LogP contribution >= 0.6 is 0 Å². The van der Waals surface area contributed by atoms with E-state index in [0.29, 0.717) is 6.54 Å². The average Bonchev–Trinajstić information content (AvgIpc) is 2.44. The van der Waals surface area contributed by atoms with Gasteiger partial charge in [-0.05, 0) is 33.7 Å². The lowest BCUT2D eigenvalue weighted by atomic mass is 9.88. The van der Waals surface area contributed by atoms with E-state index in [1.165, 1.54) is 6.42 Å². The molecule has 5 heteroatoms. The third kappa shape index (κ3) is 5.59. The summed E-state index contributed by atoms with van der Waals surface area (Å²) in [6, 6.07) is -0.233. The molecule has 0 radical (unpaired) electrons. The number of carbonyl (C=O) groups is 2. The van der Waals surface area contributed by atoms with E-state index < -0.39 is 6.04 Å². The molecule has 110 valence electrons. The molecular weight excluding hydrogens is 242 g/mol. The van der Waals surface area contributed by atoms with Crippen molar-refractivity contribution >= 4 is 11.8 Å². The van der Waals surface area contributed by atoms with Crippen LogP contribution in [-0.2, 0) is 9.59 Å². The van der Waals surface area contributed by atoms with Crippen LogP contribution in [0.4, 0.5) is 0 Å². The van der Waals surface area contributed by atoms with Gasteiger partial charge in [-0.15, -0.1) is 0 Å². The molecule has 5 nitrogen and oxygen atoms in total. The first-order chi connectivity index (χ1) is 9.04. The monoisotopic (exact) mass is 269 g/mol. The largest absolute Gasteiger partial charge is 0.353 e. The van der Waals surface area contributed by atoms with Gasteiger partial charge >= 0.3 is 0 Å². The zero-order chi connectivity index (χ0) is 14.3. The number of likely N-dealkylation sites (N-methyl/N-ethyl adjacent to an activating group) is 1. The predicted molar refractivity (Wildman–Crippen MR) is 75.7 cm³/mol. The van der Waals surface area contributed by atoms with Crippen molar-refractivity contribution < 1.29 is 9.59 Å². The van der Waals surface area contributed by atoms with Gasteiger partial charge in [0.05, 0.1) is 0 Å². The van der Waals surface area contributed by atoms with Crippen LogP contribution in [0, 0.1) is 5.92 Å². The average molecular weight is 269 g/mol. The topological polar surface area (TPSA) is 70.2 Å². The summed E-state index contributed by atoms with van der Waals surface area (Å²) >= 11 is 0. The smallest absolute Gasteiger partial charge is 0.242 e. The van der Waals surface area contributed by atoms with Gasteiger partial charge in [-0.1, -0.05) is 19.3 Å². The van der Waals surface area contributed by atoms with E-state index in [1.54, 1.807) is 6.92 Å². The molecule has 1 saturated carbocycles. The minimum atomic E-state index is -0.460. The van der Waals surface area contributed by atoms with Crippen LogP contribution in [0.15, 0.2) is 0 Å². The fourth-order valence-electron chi connectivity index (χ4n) is 2.27. The van der Waals surface area contributed by atoms with E-state index in [1.807, 2.05) is 14.0 Å². The molecule has 0 heterocycles. The van der Waals surface area contributed by atoms with Gasteiger partial charge in [-0.2, -0.15) is 0 Å². The minimum Gasteiger partial charge on any atom is -0.353 e. The molecule has 1 fully saturated rings. The number of carbonyl (C=O) groups excluding carboxylic acids is 2. The van der Waals surface area contributed by atoms with E-state index in [-0.39, 0.29) is 23.8 Å². The van der Waals surface area contributed by atoms with E-state index in [4.69, 9.17) is 0 Å². The van der Waals surface area contributed by atoms with Crippen LogP contribution < -0.4 is 16.0 Å². The Morgan fingerprint density at radius 2 is 1.79 bits per heavy atom. The molecule has 2 atom stereocenters. The molecule has 0 bridgehead atoms. The standard InChI is InChI=1S/C14H27N3O2/c1-10(15-3)9-16-13(18)11(2)17-14(19)12-7-5-4-6-8-12/h10-12,15H,4-9H2,1-3H3,(H,16,18)(H,17,19)/t10?,11-/m0/s1. The highest BCUT2D eigenvalue weighted by Crippen LogP contribution is 2.23. The molecule has 2 amide bonds. The van der Waals surface area contributed by atoms with Crippen molar-refractivity contribution in [2.75, 3.05) is 13.6 Å². The van der Waals surface area contributed by atoms with E-state index in [2.05, 4.69) is 16.0 Å². The number of hydrogen-bond acceptors (Lipinski definition) is 3. The zero-order valence-electron chi connectivity index (χ0n) is 12.3. The number of rotatable bonds is 6. The maximum absolute atomic E-state index is 12.0. The molecule has 0 aromatic heterocycles. The Kier molecular flexibility index (Phi) is 6.84. The summed E-state index contributed by atoms with van der Waals surface area (Å²) in [6.45, 7) is 4.30. The molecule has 3 N–H and O–H groups in total. The van der Waals surface area contributed by atoms with Crippen molar-refractivity contribution in [2.24, 2.45) is 5.92 Å². The van der Waals surface area contributed by atoms with Gasteiger partial charge in [0.1, 0.15) is 6.04 Å². The molecule has 0 aromatic carbocycles. The van der Waals surface area contributed by atoms with Crippen molar-refractivity contribution in [1.29, 1.82) is 0 Å². The third-order valence-electron chi connectivity index (χ3n) is 3.80. The highest BCUT2D eigenvalue weighted by Gasteiger charge is 2.24. The Labute approximate surface area is 115 Å². The van der Waals surface area contributed by atoms with Crippen molar-refractivity contribution in [3.63, 3.8) is 0 Å². The lowest BCUT2D eigenvalue weighted by molar-refractivity contribution is -0.131. The number of nitrogens with one attached hydrogen (secondary N) is 3. The SMILES string of the molecule is CNC(C)CNC(=O)[C@H](C)NC(=O)C1CCCCC1. The minimum absolute atomic E-state index is 0.0315. The summed E-state index contributed by atoms with van der Waals surface area (Å²) in [5.41, 5.74) is 0. The third-order valence-corrected chi connectivity index (χ3v) is 3.80. The second kappa shape index (κ2) is 8.15. The fraction of sp³-hybridized carbons (Fsp3) is 0.857. The Morgan fingerprint density at radius 1 is 1.16 bits per heavy atom. The van der Waals surface area contributed by atoms with Gasteiger partial charge in [0.25, 0.3) is 0 Å². The van der Waals surface area contributed by atoms with Crippen molar-refractivity contribution in [1.82, 2.24) is 16.0 Å². The van der Waals surface area contributed by atoms with Gasteiger partial charge in [-0.3, -0.25) is 9.59 Å². The van der Waals surface area contributed by atoms with Gasteiger partial charge in [0.15, 0.2) is 0 Å². The van der Waals surface area contributed by atoms with Gasteiger partial charge in [0.2, 0.25) is 11.8 Å². The van der Waals surface area contributed by atoms with Crippen LogP contribution in [0.3, 0.4) is 0 Å². The molecule has 19 heavy (non-hydrogen) atoms. The normalized spacial score (nSPS) is 19.5. The first kappa shape index (κ1) is 16.0. The quantitative estimate of drug-likeness (QED) is 0.668. The van der Waals surface area contributed by atoms with Crippen LogP contribution in [0.5, 0.6) is 0 Å². The van der Waals surface area contributed by atoms with Gasteiger partial charge in [0, 0.05) is 18.5 Å². The van der Waals surface area contributed by atoms with E-state index >= 15 is 0 Å². The first-order valence-electron chi connectivity index (χ1n) is 7.30. The number of amides is 2. The fourth-order valence-corrected chi connectivity index (χ4v) is 2.27. The van der Waals surface area contributed by atoms with Crippen LogP contribution in [-0.4, -0.2) is 37.5 Å². The van der Waals surface area contributed by atoms with E-state index in [0.717, 1.165) is 25.7 Å². The molecule has 1 aliphatic rings. The second-order valence-electron chi connectivity index (χ2n) is 5.50. The Balaban J connectivity index is 2.30. The van der Waals surface area contributed by atoms with Gasteiger partial charge < -0.3 is 16.0 Å². The summed E-state index contributed by atoms with van der Waals surface area (Å²) in [6.07, 6.45) is 5.38. The zero-order valence-corrected chi connectivity index (χ0v) is 12.3. The molecule has 0 saturated heterocycles. The summed E-state index contributed by atoms with van der Waals surface area (Å²) in [7, 11) is 1.85. The molecule has 1 rings (SSSR count). The summed E-state index contributed by atoms with van der Waals surface area (Å²) < 4.78 is 0. The summed E-state index contributed by atoms with van der Waals surface area (Å²) in [4.78, 5) is 23.8. The highest BCUT2D eigenvalue weighted by molar-refractivity contribution is 5.88. The molecule has 0 aliphatic heterocycles. The maximum atomic E-state index is 12.0. The second-order valence-corrected chi connectivity index (χ2v) is 5.50. The van der Waals surface area contributed by atoms with Crippen molar-refractivity contribution in [3.05, 3.63) is 0 Å². The highest BCUT2D eigenvalue weighted by atomic mass is 16.2. The van der Waals surface area contributed by atoms with Crippen LogP contribution in [0.25, 0.3) is 0 Å². The molecule has 0 aromatic rings. The van der Waals surface area contributed by atoms with Crippen LogP contribution in [0.1, 0.15) is 46.0 Å². The predicted octanol–water partition coefficient (Wildman–Crippen LogP) is 0.795. The lowest BCUT2D eigenvalue weighted by Crippen LogP contribution is -2.49.